The van der Waals surface area contributed by atoms with Gasteiger partial charge in [-0.15, -0.1) is 0 Å². The van der Waals surface area contributed by atoms with Gasteiger partial charge in [0.05, 0.1) is 38.0 Å². The molecular formula is C15H16FN3O5. The molecule has 128 valence electrons. The van der Waals surface area contributed by atoms with E-state index in [9.17, 15) is 18.8 Å². The fourth-order valence-corrected chi connectivity index (χ4v) is 2.82. The molecule has 3 amide bonds. The summed E-state index contributed by atoms with van der Waals surface area (Å²) in [6, 6.07) is 2.81. The number of anilines is 2. The van der Waals surface area contributed by atoms with Crippen LogP contribution in [0.4, 0.5) is 25.4 Å². The van der Waals surface area contributed by atoms with E-state index in [-0.39, 0.29) is 31.1 Å². The van der Waals surface area contributed by atoms with Crippen molar-refractivity contribution in [2.45, 2.75) is 12.5 Å². The number of likely N-dealkylation sites (N-methyl/N-ethyl adjacent to an activating group) is 1. The average Bonchev–Trinajstić information content (AvgIpc) is 3.05. The van der Waals surface area contributed by atoms with Gasteiger partial charge in [0.15, 0.2) is 0 Å². The Balaban J connectivity index is 1.77. The van der Waals surface area contributed by atoms with Gasteiger partial charge in [-0.2, -0.15) is 0 Å². The molecule has 8 nitrogen and oxygen atoms in total. The zero-order valence-corrected chi connectivity index (χ0v) is 13.2. The number of hydrogen-bond acceptors (Lipinski definition) is 5. The summed E-state index contributed by atoms with van der Waals surface area (Å²) in [5.41, 5.74) is 1.08. The van der Waals surface area contributed by atoms with Crippen LogP contribution in [-0.4, -0.2) is 51.4 Å². The average molecular weight is 337 g/mol. The van der Waals surface area contributed by atoms with Gasteiger partial charge in [-0.3, -0.25) is 9.69 Å². The van der Waals surface area contributed by atoms with Crippen molar-refractivity contribution < 1.29 is 28.2 Å². The number of alkyl carbamates (subject to hydrolysis) is 1. The quantitative estimate of drug-likeness (QED) is 0.890. The second-order valence-electron chi connectivity index (χ2n) is 5.55. The van der Waals surface area contributed by atoms with Gasteiger partial charge in [0.2, 0.25) is 5.91 Å². The summed E-state index contributed by atoms with van der Waals surface area (Å²) in [7, 11) is 2.74. The van der Waals surface area contributed by atoms with E-state index in [1.807, 2.05) is 0 Å². The van der Waals surface area contributed by atoms with E-state index in [0.29, 0.717) is 11.3 Å². The molecule has 2 heterocycles. The third-order valence-corrected chi connectivity index (χ3v) is 4.02. The van der Waals surface area contributed by atoms with Crippen molar-refractivity contribution in [3.63, 3.8) is 0 Å². The number of benzene rings is 1. The summed E-state index contributed by atoms with van der Waals surface area (Å²) in [5, 5.41) is 2.44. The lowest BCUT2D eigenvalue weighted by atomic mass is 10.1. The van der Waals surface area contributed by atoms with Crippen molar-refractivity contribution in [3.05, 3.63) is 23.5 Å². The number of nitrogens with one attached hydrogen (secondary N) is 1. The Morgan fingerprint density at radius 2 is 2.21 bits per heavy atom. The molecule has 1 aromatic carbocycles. The lowest BCUT2D eigenvalue weighted by Crippen LogP contribution is -2.34. The lowest BCUT2D eigenvalue weighted by molar-refractivity contribution is -0.117. The Kier molecular flexibility index (Phi) is 4.00. The van der Waals surface area contributed by atoms with Crippen molar-refractivity contribution in [1.82, 2.24) is 5.32 Å². The Bertz CT molecular complexity index is 723. The summed E-state index contributed by atoms with van der Waals surface area (Å²) >= 11 is 0. The smallest absolute Gasteiger partial charge is 0.414 e. The van der Waals surface area contributed by atoms with Crippen LogP contribution in [0.2, 0.25) is 0 Å². The molecule has 1 saturated heterocycles. The highest BCUT2D eigenvalue weighted by molar-refractivity contribution is 6.02. The van der Waals surface area contributed by atoms with E-state index in [2.05, 4.69) is 10.1 Å². The number of hydrogen-bond donors (Lipinski definition) is 1. The zero-order chi connectivity index (χ0) is 17.4. The monoisotopic (exact) mass is 337 g/mol. The van der Waals surface area contributed by atoms with Crippen LogP contribution in [0.15, 0.2) is 12.1 Å². The molecule has 0 bridgehead atoms. The SMILES string of the molecule is COC(=O)NC[C@H]1CN(c2cc(F)c3c(c2)CC(=O)N3C)C(=O)O1. The summed E-state index contributed by atoms with van der Waals surface area (Å²) < 4.78 is 23.9. The number of carbonyl (C=O) groups is 3. The highest BCUT2D eigenvalue weighted by Gasteiger charge is 2.35. The van der Waals surface area contributed by atoms with Crippen LogP contribution >= 0.6 is 0 Å². The molecule has 1 aromatic rings. The first-order chi connectivity index (χ1) is 11.4. The number of amides is 3. The number of ether oxygens (including phenoxy) is 2. The summed E-state index contributed by atoms with van der Waals surface area (Å²) in [5.74, 6) is -0.773. The van der Waals surface area contributed by atoms with Crippen LogP contribution < -0.4 is 15.1 Å². The van der Waals surface area contributed by atoms with E-state index >= 15 is 0 Å². The van der Waals surface area contributed by atoms with E-state index in [4.69, 9.17) is 4.74 Å². The molecule has 2 aliphatic rings. The number of rotatable bonds is 3. The Morgan fingerprint density at radius 1 is 1.46 bits per heavy atom. The first kappa shape index (κ1) is 16.0. The van der Waals surface area contributed by atoms with Crippen LogP contribution in [-0.2, 0) is 20.7 Å². The summed E-state index contributed by atoms with van der Waals surface area (Å²) in [6.07, 6.45) is -1.75. The number of carbonyl (C=O) groups excluding carboxylic acids is 3. The van der Waals surface area contributed by atoms with E-state index in [0.717, 1.165) is 0 Å². The third kappa shape index (κ3) is 2.72. The predicted molar refractivity (Wildman–Crippen MR) is 81.5 cm³/mol. The zero-order valence-electron chi connectivity index (χ0n) is 13.2. The van der Waals surface area contributed by atoms with Crippen LogP contribution in [0.3, 0.4) is 0 Å². The van der Waals surface area contributed by atoms with Gasteiger partial charge in [0, 0.05) is 7.05 Å². The molecule has 2 aliphatic heterocycles. The minimum atomic E-state index is -0.635. The van der Waals surface area contributed by atoms with Gasteiger partial charge in [0.25, 0.3) is 0 Å². The first-order valence-corrected chi connectivity index (χ1v) is 7.29. The number of fused-ring (bicyclic) bond motifs is 1. The van der Waals surface area contributed by atoms with Gasteiger partial charge in [0.1, 0.15) is 11.9 Å². The van der Waals surface area contributed by atoms with Crippen molar-refractivity contribution >= 4 is 29.5 Å². The van der Waals surface area contributed by atoms with Gasteiger partial charge in [-0.1, -0.05) is 0 Å². The Morgan fingerprint density at radius 3 is 2.92 bits per heavy atom. The van der Waals surface area contributed by atoms with Crippen LogP contribution in [0.1, 0.15) is 5.56 Å². The highest BCUT2D eigenvalue weighted by atomic mass is 19.1. The fraction of sp³-hybridized carbons (Fsp3) is 0.400. The minimum Gasteiger partial charge on any atom is -0.453 e. The van der Waals surface area contributed by atoms with Crippen molar-refractivity contribution in [2.24, 2.45) is 0 Å². The maximum absolute atomic E-state index is 14.3. The molecule has 0 aliphatic carbocycles. The van der Waals surface area contributed by atoms with Crippen molar-refractivity contribution in [3.8, 4) is 0 Å². The van der Waals surface area contributed by atoms with Gasteiger partial charge in [-0.05, 0) is 17.7 Å². The lowest BCUT2D eigenvalue weighted by Gasteiger charge is -2.16. The van der Waals surface area contributed by atoms with Crippen LogP contribution in [0.5, 0.6) is 0 Å². The molecule has 0 aromatic heterocycles. The molecule has 0 unspecified atom stereocenters. The topological polar surface area (TPSA) is 88.2 Å². The molecule has 24 heavy (non-hydrogen) atoms. The number of methoxy groups -OCH3 is 1. The maximum atomic E-state index is 14.3. The van der Waals surface area contributed by atoms with E-state index in [1.165, 1.54) is 30.0 Å². The largest absolute Gasteiger partial charge is 0.453 e. The Hall–Kier alpha value is -2.84. The second kappa shape index (κ2) is 5.99. The van der Waals surface area contributed by atoms with E-state index in [1.54, 1.807) is 6.07 Å². The van der Waals surface area contributed by atoms with Crippen LogP contribution in [0, 0.1) is 5.82 Å². The molecular weight excluding hydrogens is 321 g/mol. The number of cyclic esters (lactones) is 1. The molecule has 3 rings (SSSR count). The fourth-order valence-electron chi connectivity index (χ4n) is 2.82. The molecule has 0 saturated carbocycles. The summed E-state index contributed by atoms with van der Waals surface area (Å²) in [4.78, 5) is 37.3. The van der Waals surface area contributed by atoms with Crippen LogP contribution in [0.25, 0.3) is 0 Å². The minimum absolute atomic E-state index is 0.0869. The molecule has 0 radical (unpaired) electrons. The predicted octanol–water partition coefficient (Wildman–Crippen LogP) is 1.03. The van der Waals surface area contributed by atoms with Gasteiger partial charge >= 0.3 is 12.2 Å². The molecule has 1 fully saturated rings. The molecule has 9 heteroatoms. The van der Waals surface area contributed by atoms with Gasteiger partial charge < -0.3 is 19.7 Å². The first-order valence-electron chi connectivity index (χ1n) is 7.29. The Labute approximate surface area is 137 Å². The standard InChI is InChI=1S/C15H16FN3O5/c1-18-12(20)4-8-3-9(5-11(16)13(8)18)19-7-10(24-15(19)22)6-17-14(21)23-2/h3,5,10H,4,6-7H2,1-2H3,(H,17,21)/t10-/m0/s1. The third-order valence-electron chi connectivity index (χ3n) is 4.02. The van der Waals surface area contributed by atoms with E-state index < -0.39 is 24.1 Å². The van der Waals surface area contributed by atoms with Crippen molar-refractivity contribution in [2.75, 3.05) is 37.0 Å². The highest BCUT2D eigenvalue weighted by Crippen LogP contribution is 2.35. The molecule has 0 spiro atoms. The number of halogens is 1. The molecule has 1 N–H and O–H groups in total. The second-order valence-corrected chi connectivity index (χ2v) is 5.55. The number of nitrogens with zero attached hydrogens (tertiary/aromatic N) is 2. The summed E-state index contributed by atoms with van der Waals surface area (Å²) in [6.45, 7) is 0.244. The normalized spacial score (nSPS) is 19.4. The molecule has 1 atom stereocenters. The van der Waals surface area contributed by atoms with Gasteiger partial charge in [-0.25, -0.2) is 14.0 Å². The maximum Gasteiger partial charge on any atom is 0.414 e. The van der Waals surface area contributed by atoms with Crippen molar-refractivity contribution in [1.29, 1.82) is 0 Å².